The monoisotopic (exact) mass is 460 g/mol. The third kappa shape index (κ3) is 4.33. The molecule has 2 aromatic rings. The highest BCUT2D eigenvalue weighted by molar-refractivity contribution is 9.10. The molecule has 6 heteroatoms. The summed E-state index contributed by atoms with van der Waals surface area (Å²) < 4.78 is 20.6. The SMILES string of the molecule is C[C@@H](c1ccc(Br)cc1)N1CC[C@](CCN2CCC2)(c2ccc(F)cc2)OC1=O. The van der Waals surface area contributed by atoms with Crippen molar-refractivity contribution in [2.45, 2.75) is 37.8 Å². The summed E-state index contributed by atoms with van der Waals surface area (Å²) in [4.78, 5) is 17.2. The van der Waals surface area contributed by atoms with Crippen LogP contribution in [0.4, 0.5) is 9.18 Å². The maximum absolute atomic E-state index is 13.5. The van der Waals surface area contributed by atoms with Crippen molar-refractivity contribution in [2.24, 2.45) is 0 Å². The number of carbonyl (C=O) groups excluding carboxylic acids is 1. The quantitative estimate of drug-likeness (QED) is 0.571. The number of cyclic esters (lactones) is 1. The molecule has 4 nitrogen and oxygen atoms in total. The lowest BCUT2D eigenvalue weighted by Gasteiger charge is -2.45. The zero-order chi connectivity index (χ0) is 20.4. The van der Waals surface area contributed by atoms with Gasteiger partial charge in [-0.1, -0.05) is 40.2 Å². The van der Waals surface area contributed by atoms with Gasteiger partial charge in [0.15, 0.2) is 0 Å². The van der Waals surface area contributed by atoms with Crippen molar-refractivity contribution < 1.29 is 13.9 Å². The van der Waals surface area contributed by atoms with Crippen LogP contribution < -0.4 is 0 Å². The van der Waals surface area contributed by atoms with E-state index >= 15 is 0 Å². The first kappa shape index (κ1) is 20.4. The Hall–Kier alpha value is -1.92. The van der Waals surface area contributed by atoms with E-state index in [-0.39, 0.29) is 18.0 Å². The van der Waals surface area contributed by atoms with E-state index in [4.69, 9.17) is 4.74 Å². The Balaban J connectivity index is 1.53. The van der Waals surface area contributed by atoms with E-state index in [1.165, 1.54) is 18.6 Å². The van der Waals surface area contributed by atoms with Crippen LogP contribution in [0.3, 0.4) is 0 Å². The number of likely N-dealkylation sites (tertiary alicyclic amines) is 1. The number of rotatable bonds is 6. The lowest BCUT2D eigenvalue weighted by atomic mass is 9.85. The fourth-order valence-electron chi connectivity index (χ4n) is 4.16. The third-order valence-electron chi connectivity index (χ3n) is 6.24. The Kier molecular flexibility index (Phi) is 5.93. The maximum Gasteiger partial charge on any atom is 0.411 e. The van der Waals surface area contributed by atoms with Gasteiger partial charge < -0.3 is 14.5 Å². The number of carbonyl (C=O) groups is 1. The lowest BCUT2D eigenvalue weighted by molar-refractivity contribution is -0.0712. The number of hydrogen-bond acceptors (Lipinski definition) is 3. The summed E-state index contributed by atoms with van der Waals surface area (Å²) in [6.07, 6.45) is 2.34. The Morgan fingerprint density at radius 2 is 1.79 bits per heavy atom. The predicted molar refractivity (Wildman–Crippen MR) is 114 cm³/mol. The number of ether oxygens (including phenoxy) is 1. The van der Waals surface area contributed by atoms with E-state index in [2.05, 4.69) is 20.8 Å². The molecule has 0 unspecified atom stereocenters. The van der Waals surface area contributed by atoms with Gasteiger partial charge in [-0.2, -0.15) is 0 Å². The molecule has 2 heterocycles. The molecule has 0 radical (unpaired) electrons. The first-order valence-corrected chi connectivity index (χ1v) is 11.0. The predicted octanol–water partition coefficient (Wildman–Crippen LogP) is 5.48. The van der Waals surface area contributed by atoms with E-state index in [0.717, 1.165) is 41.7 Å². The molecule has 0 N–H and O–H groups in total. The van der Waals surface area contributed by atoms with Gasteiger partial charge in [-0.05, 0) is 61.8 Å². The minimum Gasteiger partial charge on any atom is -0.438 e. The molecular weight excluding hydrogens is 435 g/mol. The number of nitrogens with zero attached hydrogens (tertiary/aromatic N) is 2. The Labute approximate surface area is 179 Å². The Morgan fingerprint density at radius 1 is 1.10 bits per heavy atom. The summed E-state index contributed by atoms with van der Waals surface area (Å²) in [7, 11) is 0. The van der Waals surface area contributed by atoms with Crippen LogP contribution in [-0.4, -0.2) is 42.1 Å². The van der Waals surface area contributed by atoms with Crippen molar-refractivity contribution in [3.05, 3.63) is 69.9 Å². The average Bonchev–Trinajstić information content (AvgIpc) is 2.67. The Morgan fingerprint density at radius 3 is 2.38 bits per heavy atom. The standard InChI is InChI=1S/C23H26BrFN2O2/c1-17(18-3-7-20(24)8-4-18)27-16-12-23(29-22(27)28,11-15-26-13-2-14-26)19-5-9-21(25)10-6-19/h3-10,17H,2,11-16H2,1H3/t17-,23+/m0/s1. The van der Waals surface area contributed by atoms with Crippen LogP contribution >= 0.6 is 15.9 Å². The van der Waals surface area contributed by atoms with Crippen molar-refractivity contribution >= 4 is 22.0 Å². The second kappa shape index (κ2) is 8.44. The lowest BCUT2D eigenvalue weighted by Crippen LogP contribution is -2.50. The van der Waals surface area contributed by atoms with Gasteiger partial charge in [0.2, 0.25) is 0 Å². The van der Waals surface area contributed by atoms with Crippen LogP contribution in [0.1, 0.15) is 43.4 Å². The first-order valence-electron chi connectivity index (χ1n) is 10.2. The molecule has 0 aromatic heterocycles. The summed E-state index contributed by atoms with van der Waals surface area (Å²) in [6, 6.07) is 14.3. The minimum absolute atomic E-state index is 0.0720. The summed E-state index contributed by atoms with van der Waals surface area (Å²) in [5.74, 6) is -0.278. The zero-order valence-corrected chi connectivity index (χ0v) is 18.2. The van der Waals surface area contributed by atoms with Crippen LogP contribution in [0.2, 0.25) is 0 Å². The van der Waals surface area contributed by atoms with Crippen molar-refractivity contribution in [2.75, 3.05) is 26.2 Å². The number of halogens is 2. The molecule has 0 bridgehead atoms. The molecule has 2 atom stereocenters. The van der Waals surface area contributed by atoms with Crippen molar-refractivity contribution in [3.63, 3.8) is 0 Å². The van der Waals surface area contributed by atoms with Crippen LogP contribution in [0, 0.1) is 5.82 Å². The number of hydrogen-bond donors (Lipinski definition) is 0. The summed E-state index contributed by atoms with van der Waals surface area (Å²) in [5.41, 5.74) is 1.25. The van der Waals surface area contributed by atoms with Crippen LogP contribution in [-0.2, 0) is 10.3 Å². The highest BCUT2D eigenvalue weighted by Crippen LogP contribution is 2.40. The van der Waals surface area contributed by atoms with E-state index in [1.807, 2.05) is 31.2 Å². The fraction of sp³-hybridized carbons (Fsp3) is 0.435. The number of amides is 1. The molecule has 0 spiro atoms. The fourth-order valence-corrected chi connectivity index (χ4v) is 4.43. The summed E-state index contributed by atoms with van der Waals surface area (Å²) in [6.45, 7) is 5.70. The van der Waals surface area contributed by atoms with Crippen molar-refractivity contribution in [1.82, 2.24) is 9.80 Å². The second-order valence-corrected chi connectivity index (χ2v) is 8.90. The molecule has 2 fully saturated rings. The summed E-state index contributed by atoms with van der Waals surface area (Å²) in [5, 5.41) is 0. The molecular formula is C23H26BrFN2O2. The van der Waals surface area contributed by atoms with E-state index in [0.29, 0.717) is 13.0 Å². The van der Waals surface area contributed by atoms with Gasteiger partial charge in [-0.15, -0.1) is 0 Å². The van der Waals surface area contributed by atoms with Gasteiger partial charge in [-0.3, -0.25) is 0 Å². The van der Waals surface area contributed by atoms with Crippen LogP contribution in [0.5, 0.6) is 0 Å². The molecule has 154 valence electrons. The van der Waals surface area contributed by atoms with Crippen LogP contribution in [0.15, 0.2) is 53.0 Å². The van der Waals surface area contributed by atoms with Crippen molar-refractivity contribution in [1.29, 1.82) is 0 Å². The smallest absolute Gasteiger partial charge is 0.411 e. The highest BCUT2D eigenvalue weighted by atomic mass is 79.9. The molecule has 2 aromatic carbocycles. The molecule has 0 aliphatic carbocycles. The van der Waals surface area contributed by atoms with Gasteiger partial charge in [0, 0.05) is 30.4 Å². The largest absolute Gasteiger partial charge is 0.438 e. The van der Waals surface area contributed by atoms with Gasteiger partial charge in [0.25, 0.3) is 0 Å². The van der Waals surface area contributed by atoms with E-state index < -0.39 is 5.60 Å². The van der Waals surface area contributed by atoms with Crippen LogP contribution in [0.25, 0.3) is 0 Å². The average molecular weight is 461 g/mol. The Bertz CT molecular complexity index is 854. The maximum atomic E-state index is 13.5. The number of benzene rings is 2. The second-order valence-electron chi connectivity index (χ2n) is 7.99. The van der Waals surface area contributed by atoms with Gasteiger partial charge in [0.05, 0.1) is 6.04 Å². The molecule has 4 rings (SSSR count). The van der Waals surface area contributed by atoms with Crippen molar-refractivity contribution in [3.8, 4) is 0 Å². The first-order chi connectivity index (χ1) is 14.0. The van der Waals surface area contributed by atoms with Gasteiger partial charge in [-0.25, -0.2) is 9.18 Å². The van der Waals surface area contributed by atoms with E-state index in [1.54, 1.807) is 17.0 Å². The molecule has 2 aliphatic heterocycles. The summed E-state index contributed by atoms with van der Waals surface area (Å²) >= 11 is 3.45. The molecule has 1 amide bonds. The normalized spacial score (nSPS) is 23.4. The molecule has 29 heavy (non-hydrogen) atoms. The topological polar surface area (TPSA) is 32.8 Å². The minimum atomic E-state index is -0.698. The third-order valence-corrected chi connectivity index (χ3v) is 6.77. The van der Waals surface area contributed by atoms with E-state index in [9.17, 15) is 9.18 Å². The molecule has 2 saturated heterocycles. The van der Waals surface area contributed by atoms with Gasteiger partial charge >= 0.3 is 6.09 Å². The molecule has 0 saturated carbocycles. The highest BCUT2D eigenvalue weighted by Gasteiger charge is 2.43. The molecule has 2 aliphatic rings. The zero-order valence-electron chi connectivity index (χ0n) is 16.6. The van der Waals surface area contributed by atoms with Gasteiger partial charge in [0.1, 0.15) is 11.4 Å².